The molecule has 0 saturated carbocycles. The first-order valence-corrected chi connectivity index (χ1v) is 6.36. The van der Waals surface area contributed by atoms with Gasteiger partial charge in [-0.05, 0) is 36.7 Å². The van der Waals surface area contributed by atoms with Crippen LogP contribution < -0.4 is 0 Å². The number of halogens is 1. The highest BCUT2D eigenvalue weighted by Crippen LogP contribution is 2.26. The molecule has 0 N–H and O–H groups in total. The molecule has 2 heterocycles. The Kier molecular flexibility index (Phi) is 3.05. The van der Waals surface area contributed by atoms with Crippen LogP contribution in [0.4, 0.5) is 0 Å². The number of hydrogen-bond acceptors (Lipinski definition) is 4. The van der Waals surface area contributed by atoms with Gasteiger partial charge in [-0.1, -0.05) is 18.2 Å². The van der Waals surface area contributed by atoms with Crippen LogP contribution >= 0.6 is 11.6 Å². The molecule has 0 aliphatic carbocycles. The van der Waals surface area contributed by atoms with Gasteiger partial charge in [0.25, 0.3) is 0 Å². The first-order chi connectivity index (χ1) is 9.67. The van der Waals surface area contributed by atoms with Crippen LogP contribution in [-0.4, -0.2) is 15.0 Å². The van der Waals surface area contributed by atoms with Crippen LogP contribution in [0.25, 0.3) is 22.2 Å². The average molecular weight is 281 g/mol. The van der Waals surface area contributed by atoms with Crippen molar-refractivity contribution in [1.82, 2.24) is 15.0 Å². The van der Waals surface area contributed by atoms with Crippen molar-refractivity contribution >= 4 is 22.5 Å². The number of para-hydroxylation sites is 1. The number of pyridine rings is 1. The summed E-state index contributed by atoms with van der Waals surface area (Å²) in [6, 6.07) is 13.4. The van der Waals surface area contributed by atoms with Gasteiger partial charge >= 0.3 is 0 Å². The van der Waals surface area contributed by atoms with Crippen LogP contribution in [0.15, 0.2) is 36.4 Å². The van der Waals surface area contributed by atoms with Gasteiger partial charge in [-0.25, -0.2) is 15.0 Å². The molecule has 0 atom stereocenters. The number of rotatable bonds is 1. The largest absolute Gasteiger partial charge is 0.236 e. The van der Waals surface area contributed by atoms with Gasteiger partial charge in [0.05, 0.1) is 11.2 Å². The minimum Gasteiger partial charge on any atom is -0.236 e. The summed E-state index contributed by atoms with van der Waals surface area (Å²) in [6.07, 6.45) is 0. The molecule has 0 unspecified atom stereocenters. The molecule has 3 rings (SSSR count). The summed E-state index contributed by atoms with van der Waals surface area (Å²) in [6.45, 7) is 1.83. The zero-order valence-corrected chi connectivity index (χ0v) is 11.4. The summed E-state index contributed by atoms with van der Waals surface area (Å²) in [5.41, 5.74) is 3.13. The van der Waals surface area contributed by atoms with Crippen molar-refractivity contribution in [1.29, 1.82) is 5.26 Å². The summed E-state index contributed by atoms with van der Waals surface area (Å²) in [7, 11) is 0. The van der Waals surface area contributed by atoms with Crippen molar-refractivity contribution in [3.63, 3.8) is 0 Å². The smallest absolute Gasteiger partial charge is 0.223 e. The predicted molar refractivity (Wildman–Crippen MR) is 77.2 cm³/mol. The topological polar surface area (TPSA) is 62.5 Å². The number of fused-ring (bicyclic) bond motifs is 1. The van der Waals surface area contributed by atoms with Crippen molar-refractivity contribution in [3.8, 4) is 17.3 Å². The predicted octanol–water partition coefficient (Wildman–Crippen LogP) is 3.53. The summed E-state index contributed by atoms with van der Waals surface area (Å²) in [5, 5.41) is 10.4. The highest BCUT2D eigenvalue weighted by molar-refractivity contribution is 6.28. The first kappa shape index (κ1) is 12.5. The van der Waals surface area contributed by atoms with Crippen molar-refractivity contribution < 1.29 is 0 Å². The third-order valence-corrected chi connectivity index (χ3v) is 3.10. The highest BCUT2D eigenvalue weighted by atomic mass is 35.5. The number of benzene rings is 1. The van der Waals surface area contributed by atoms with E-state index in [1.54, 1.807) is 6.07 Å². The van der Waals surface area contributed by atoms with E-state index in [0.29, 0.717) is 17.0 Å². The Labute approximate surface area is 120 Å². The molecule has 3 aromatic rings. The van der Waals surface area contributed by atoms with Crippen molar-refractivity contribution in [2.75, 3.05) is 0 Å². The molecule has 0 amide bonds. The van der Waals surface area contributed by atoms with E-state index in [1.807, 2.05) is 37.3 Å². The van der Waals surface area contributed by atoms with Gasteiger partial charge in [0.2, 0.25) is 5.28 Å². The van der Waals surface area contributed by atoms with Gasteiger partial charge in [-0.3, -0.25) is 0 Å². The quantitative estimate of drug-likeness (QED) is 0.640. The molecule has 0 aliphatic rings. The normalized spacial score (nSPS) is 10.4. The molecule has 1 aromatic carbocycles. The van der Waals surface area contributed by atoms with E-state index in [4.69, 9.17) is 11.6 Å². The lowest BCUT2D eigenvalue weighted by molar-refractivity contribution is 1.10. The van der Waals surface area contributed by atoms with Gasteiger partial charge in [0.1, 0.15) is 6.07 Å². The Morgan fingerprint density at radius 2 is 1.90 bits per heavy atom. The summed E-state index contributed by atoms with van der Waals surface area (Å²) in [5.74, 6) is 0. The molecular formula is C15H9ClN4. The van der Waals surface area contributed by atoms with Crippen LogP contribution in [0, 0.1) is 18.3 Å². The second-order valence-corrected chi connectivity index (χ2v) is 4.69. The van der Waals surface area contributed by atoms with E-state index in [1.165, 1.54) is 0 Å². The van der Waals surface area contributed by atoms with E-state index in [9.17, 15) is 5.26 Å². The van der Waals surface area contributed by atoms with Crippen LogP contribution in [0.1, 0.15) is 11.4 Å². The van der Waals surface area contributed by atoms with Crippen LogP contribution in [0.5, 0.6) is 0 Å². The monoisotopic (exact) mass is 280 g/mol. The second kappa shape index (κ2) is 4.87. The Bertz CT molecular complexity index is 832. The summed E-state index contributed by atoms with van der Waals surface area (Å²) in [4.78, 5) is 12.6. The fourth-order valence-electron chi connectivity index (χ4n) is 2.07. The lowest BCUT2D eigenvalue weighted by Gasteiger charge is -2.06. The van der Waals surface area contributed by atoms with E-state index >= 15 is 0 Å². The molecule has 0 fully saturated rings. The van der Waals surface area contributed by atoms with Gasteiger partial charge in [0, 0.05) is 16.6 Å². The van der Waals surface area contributed by atoms with E-state index in [-0.39, 0.29) is 5.28 Å². The van der Waals surface area contributed by atoms with Crippen molar-refractivity contribution in [2.45, 2.75) is 6.92 Å². The standard InChI is InChI=1S/C15H9ClN4/c1-9-6-13(20-15(16)18-9)11-7-10-4-2-3-5-12(10)19-14(11)8-17/h2-7H,1H3. The molecule has 0 saturated heterocycles. The zero-order valence-electron chi connectivity index (χ0n) is 10.6. The Morgan fingerprint density at radius 3 is 2.65 bits per heavy atom. The maximum Gasteiger partial charge on any atom is 0.223 e. The van der Waals surface area contributed by atoms with Crippen LogP contribution in [-0.2, 0) is 0 Å². The highest BCUT2D eigenvalue weighted by Gasteiger charge is 2.11. The van der Waals surface area contributed by atoms with Crippen molar-refractivity contribution in [3.05, 3.63) is 53.1 Å². The summed E-state index contributed by atoms with van der Waals surface area (Å²) >= 11 is 5.89. The maximum atomic E-state index is 9.29. The molecule has 5 heteroatoms. The zero-order chi connectivity index (χ0) is 14.1. The minimum absolute atomic E-state index is 0.164. The summed E-state index contributed by atoms with van der Waals surface area (Å²) < 4.78 is 0. The lowest BCUT2D eigenvalue weighted by atomic mass is 10.1. The van der Waals surface area contributed by atoms with Crippen molar-refractivity contribution in [2.24, 2.45) is 0 Å². The van der Waals surface area contributed by atoms with E-state index in [0.717, 1.165) is 16.6 Å². The van der Waals surface area contributed by atoms with Crippen LogP contribution in [0.2, 0.25) is 5.28 Å². The fraction of sp³-hybridized carbons (Fsp3) is 0.0667. The van der Waals surface area contributed by atoms with E-state index < -0.39 is 0 Å². The molecule has 4 nitrogen and oxygen atoms in total. The van der Waals surface area contributed by atoms with Gasteiger partial charge in [-0.15, -0.1) is 0 Å². The van der Waals surface area contributed by atoms with Gasteiger partial charge in [-0.2, -0.15) is 5.26 Å². The first-order valence-electron chi connectivity index (χ1n) is 5.99. The molecular weight excluding hydrogens is 272 g/mol. The minimum atomic E-state index is 0.164. The van der Waals surface area contributed by atoms with Gasteiger partial charge < -0.3 is 0 Å². The maximum absolute atomic E-state index is 9.29. The Balaban J connectivity index is 2.32. The average Bonchev–Trinajstić information content (AvgIpc) is 2.44. The number of aryl methyl sites for hydroxylation is 1. The molecule has 2 aromatic heterocycles. The molecule has 96 valence electrons. The number of aromatic nitrogens is 3. The second-order valence-electron chi connectivity index (χ2n) is 4.35. The van der Waals surface area contributed by atoms with Gasteiger partial charge in [0.15, 0.2) is 5.69 Å². The third-order valence-electron chi connectivity index (χ3n) is 2.93. The Hall–Kier alpha value is -2.51. The fourth-order valence-corrected chi connectivity index (χ4v) is 2.29. The SMILES string of the molecule is Cc1cc(-c2cc3ccccc3nc2C#N)nc(Cl)n1. The van der Waals surface area contributed by atoms with Crippen LogP contribution in [0.3, 0.4) is 0 Å². The van der Waals surface area contributed by atoms with E-state index in [2.05, 4.69) is 21.0 Å². The lowest BCUT2D eigenvalue weighted by Crippen LogP contribution is -1.95. The molecule has 0 bridgehead atoms. The molecule has 0 aliphatic heterocycles. The number of nitriles is 1. The Morgan fingerprint density at radius 1 is 1.10 bits per heavy atom. The molecule has 20 heavy (non-hydrogen) atoms. The number of hydrogen-bond donors (Lipinski definition) is 0. The number of nitrogens with zero attached hydrogens (tertiary/aromatic N) is 4. The molecule has 0 spiro atoms. The third kappa shape index (κ3) is 2.20. The molecule has 0 radical (unpaired) electrons.